The second kappa shape index (κ2) is 9.76. The van der Waals surface area contributed by atoms with Gasteiger partial charge in [-0.1, -0.05) is 57.9 Å². The molecule has 3 nitrogen and oxygen atoms in total. The average Bonchev–Trinajstić information content (AvgIpc) is 3.19. The topological polar surface area (TPSA) is 60.7 Å². The Bertz CT molecular complexity index is 883. The molecule has 4 fully saturated rings. The van der Waals surface area contributed by atoms with E-state index in [4.69, 9.17) is 0 Å². The van der Waals surface area contributed by atoms with Gasteiger partial charge in [0, 0.05) is 0 Å². The van der Waals surface area contributed by atoms with Crippen molar-refractivity contribution in [2.45, 2.75) is 117 Å². The molecule has 11 atom stereocenters. The highest BCUT2D eigenvalue weighted by atomic mass is 16.3. The minimum Gasteiger partial charge on any atom is -0.390 e. The average molecular weight is 483 g/mol. The molecule has 3 N–H and O–H groups in total. The van der Waals surface area contributed by atoms with E-state index in [0.717, 1.165) is 61.3 Å². The maximum absolute atomic E-state index is 10.8. The predicted octanol–water partition coefficient (Wildman–Crippen LogP) is 6.83. The van der Waals surface area contributed by atoms with Crippen molar-refractivity contribution < 1.29 is 15.3 Å². The molecule has 0 radical (unpaired) electrons. The molecule has 5 rings (SSSR count). The van der Waals surface area contributed by atoms with Crippen LogP contribution in [-0.4, -0.2) is 27.5 Å². The van der Waals surface area contributed by atoms with Crippen molar-refractivity contribution in [1.82, 2.24) is 0 Å². The molecule has 0 aliphatic heterocycles. The first-order valence-corrected chi connectivity index (χ1v) is 14.8. The van der Waals surface area contributed by atoms with E-state index < -0.39 is 12.2 Å². The Morgan fingerprint density at radius 1 is 0.857 bits per heavy atom. The normalized spacial score (nSPS) is 44.7. The lowest BCUT2D eigenvalue weighted by molar-refractivity contribution is -0.174. The highest BCUT2D eigenvalue weighted by Crippen LogP contribution is 2.68. The molecular formula is C32H50O3. The first-order chi connectivity index (χ1) is 16.7. The lowest BCUT2D eigenvalue weighted by atomic mass is 9.44. The third kappa shape index (κ3) is 4.32. The molecule has 0 aromatic heterocycles. The quantitative estimate of drug-likeness (QED) is 0.417. The molecule has 0 spiro atoms. The highest BCUT2D eigenvalue weighted by molar-refractivity contribution is 5.27. The summed E-state index contributed by atoms with van der Waals surface area (Å²) in [4.78, 5) is 0. The van der Waals surface area contributed by atoms with Crippen LogP contribution < -0.4 is 0 Å². The highest BCUT2D eigenvalue weighted by Gasteiger charge is 2.61. The first-order valence-electron chi connectivity index (χ1n) is 14.8. The molecule has 4 saturated carbocycles. The van der Waals surface area contributed by atoms with Crippen LogP contribution in [0.5, 0.6) is 0 Å². The van der Waals surface area contributed by atoms with Gasteiger partial charge in [-0.25, -0.2) is 0 Å². The van der Waals surface area contributed by atoms with Crippen LogP contribution in [0.1, 0.15) is 109 Å². The molecule has 0 bridgehead atoms. The van der Waals surface area contributed by atoms with Crippen LogP contribution in [-0.2, 0) is 0 Å². The zero-order chi connectivity index (χ0) is 25.0. The number of rotatable bonds is 6. The van der Waals surface area contributed by atoms with Gasteiger partial charge in [-0.3, -0.25) is 0 Å². The van der Waals surface area contributed by atoms with Crippen molar-refractivity contribution in [2.75, 3.05) is 0 Å². The van der Waals surface area contributed by atoms with Crippen LogP contribution in [0.3, 0.4) is 0 Å². The molecular weight excluding hydrogens is 432 g/mol. The molecule has 0 saturated heterocycles. The van der Waals surface area contributed by atoms with Gasteiger partial charge in [0.15, 0.2) is 0 Å². The molecule has 4 aliphatic rings. The Kier molecular flexibility index (Phi) is 7.18. The van der Waals surface area contributed by atoms with Gasteiger partial charge in [0.1, 0.15) is 0 Å². The zero-order valence-corrected chi connectivity index (χ0v) is 22.6. The summed E-state index contributed by atoms with van der Waals surface area (Å²) in [5.41, 5.74) is 2.94. The molecule has 196 valence electrons. The van der Waals surface area contributed by atoms with Gasteiger partial charge >= 0.3 is 0 Å². The molecule has 3 heteroatoms. The van der Waals surface area contributed by atoms with Crippen LogP contribution in [0, 0.1) is 53.3 Å². The summed E-state index contributed by atoms with van der Waals surface area (Å²) in [7, 11) is 0. The van der Waals surface area contributed by atoms with Gasteiger partial charge in [0.05, 0.1) is 18.3 Å². The molecule has 1 aromatic carbocycles. The number of hydrogen-bond acceptors (Lipinski definition) is 3. The molecule has 0 heterocycles. The van der Waals surface area contributed by atoms with Crippen LogP contribution in [0.2, 0.25) is 0 Å². The third-order valence-electron chi connectivity index (χ3n) is 12.2. The number of aryl methyl sites for hydroxylation is 1. The fraction of sp³-hybridized carbons (Fsp3) is 0.812. The van der Waals surface area contributed by atoms with E-state index in [1.54, 1.807) is 0 Å². The van der Waals surface area contributed by atoms with Gasteiger partial charge in [0.25, 0.3) is 0 Å². The Morgan fingerprint density at radius 2 is 1.54 bits per heavy atom. The van der Waals surface area contributed by atoms with Crippen molar-refractivity contribution in [1.29, 1.82) is 0 Å². The van der Waals surface area contributed by atoms with Gasteiger partial charge in [-0.15, -0.1) is 0 Å². The van der Waals surface area contributed by atoms with E-state index in [-0.39, 0.29) is 17.4 Å². The summed E-state index contributed by atoms with van der Waals surface area (Å²) in [6.45, 7) is 9.67. The zero-order valence-electron chi connectivity index (χ0n) is 22.6. The number of fused-ring (bicyclic) bond motifs is 5. The third-order valence-corrected chi connectivity index (χ3v) is 12.2. The van der Waals surface area contributed by atoms with Crippen molar-refractivity contribution >= 4 is 0 Å². The van der Waals surface area contributed by atoms with E-state index in [1.165, 1.54) is 44.1 Å². The van der Waals surface area contributed by atoms with Gasteiger partial charge < -0.3 is 15.3 Å². The summed E-state index contributed by atoms with van der Waals surface area (Å²) in [5.74, 6) is 4.15. The van der Waals surface area contributed by atoms with Gasteiger partial charge in [-0.2, -0.15) is 0 Å². The van der Waals surface area contributed by atoms with E-state index in [2.05, 4.69) is 39.8 Å². The lowest BCUT2D eigenvalue weighted by Crippen LogP contribution is -2.58. The van der Waals surface area contributed by atoms with Crippen molar-refractivity contribution in [3.8, 4) is 0 Å². The van der Waals surface area contributed by atoms with E-state index in [0.29, 0.717) is 11.3 Å². The fourth-order valence-corrected chi connectivity index (χ4v) is 10.2. The van der Waals surface area contributed by atoms with Crippen molar-refractivity contribution in [3.63, 3.8) is 0 Å². The maximum Gasteiger partial charge on any atom is 0.0832 e. The monoisotopic (exact) mass is 482 g/mol. The van der Waals surface area contributed by atoms with Crippen molar-refractivity contribution in [3.05, 3.63) is 35.4 Å². The minimum atomic E-state index is -0.519. The maximum atomic E-state index is 10.8. The predicted molar refractivity (Wildman–Crippen MR) is 142 cm³/mol. The number of benzene rings is 1. The van der Waals surface area contributed by atoms with E-state index in [1.807, 2.05) is 12.1 Å². The largest absolute Gasteiger partial charge is 0.390 e. The molecule has 0 amide bonds. The SMILES string of the molecule is Cc1ccccc1C(O)CCC[C@@H](C)[C@H]1CC[C@H]2[C@@H]3CC[C@H]4[C@@H](O)[C@@H](O)CC[C@]4(C)[C@H]3CC[C@]12C. The van der Waals surface area contributed by atoms with Crippen LogP contribution in [0.15, 0.2) is 24.3 Å². The lowest BCUT2D eigenvalue weighted by Gasteiger charge is -2.62. The second-order valence-electron chi connectivity index (χ2n) is 13.7. The summed E-state index contributed by atoms with van der Waals surface area (Å²) >= 11 is 0. The van der Waals surface area contributed by atoms with E-state index >= 15 is 0 Å². The summed E-state index contributed by atoms with van der Waals surface area (Å²) < 4.78 is 0. The Morgan fingerprint density at radius 3 is 2.31 bits per heavy atom. The number of aliphatic hydroxyl groups excluding tert-OH is 3. The van der Waals surface area contributed by atoms with Gasteiger partial charge in [-0.05, 0) is 122 Å². The summed E-state index contributed by atoms with van der Waals surface area (Å²) in [6, 6.07) is 8.26. The fourth-order valence-electron chi connectivity index (χ4n) is 10.2. The second-order valence-corrected chi connectivity index (χ2v) is 13.7. The summed E-state index contributed by atoms with van der Waals surface area (Å²) in [6.07, 6.45) is 11.4. The van der Waals surface area contributed by atoms with Crippen LogP contribution in [0.4, 0.5) is 0 Å². The minimum absolute atomic E-state index is 0.207. The number of aliphatic hydroxyl groups is 3. The van der Waals surface area contributed by atoms with Crippen molar-refractivity contribution in [2.24, 2.45) is 46.3 Å². The number of hydrogen-bond donors (Lipinski definition) is 3. The Balaban J connectivity index is 1.22. The molecule has 4 aliphatic carbocycles. The molecule has 1 aromatic rings. The standard InChI is InChI=1S/C32H50O3/c1-20-8-5-6-10-22(20)28(33)11-7-9-21(2)24-14-15-25-23-12-13-27-30(35)29(34)17-19-32(27,4)26(23)16-18-31(24,25)3/h5-6,8,10,21,23-30,33-35H,7,9,11-19H2,1-4H3/t21-,23+,24-,25+,26+,27+,28?,29+,30-,31-,32-/m1/s1. The molecule has 35 heavy (non-hydrogen) atoms. The van der Waals surface area contributed by atoms with Gasteiger partial charge in [0.2, 0.25) is 0 Å². The van der Waals surface area contributed by atoms with Crippen LogP contribution in [0.25, 0.3) is 0 Å². The molecule has 1 unspecified atom stereocenters. The Labute approximate surface area is 213 Å². The van der Waals surface area contributed by atoms with Crippen LogP contribution >= 0.6 is 0 Å². The Hall–Kier alpha value is -0.900. The first kappa shape index (κ1) is 25.7. The summed E-state index contributed by atoms with van der Waals surface area (Å²) in [5, 5.41) is 31.9. The smallest absolute Gasteiger partial charge is 0.0832 e. The van der Waals surface area contributed by atoms with E-state index in [9.17, 15) is 15.3 Å².